The van der Waals surface area contributed by atoms with E-state index in [2.05, 4.69) is 19.2 Å². The monoisotopic (exact) mass is 200 g/mol. The maximum Gasteiger partial charge on any atom is 0.409 e. The Morgan fingerprint density at radius 1 is 1.64 bits per heavy atom. The number of carbonyl (C=O) groups excluding carboxylic acids is 1. The van der Waals surface area contributed by atoms with Crippen LogP contribution in [0.2, 0.25) is 0 Å². The molecule has 1 fully saturated rings. The summed E-state index contributed by atoms with van der Waals surface area (Å²) in [7, 11) is 0. The second kappa shape index (κ2) is 5.86. The molecule has 4 heteroatoms. The number of hydrogen-bond acceptors (Lipinski definition) is 3. The smallest absolute Gasteiger partial charge is 0.409 e. The van der Waals surface area contributed by atoms with Gasteiger partial charge in [-0.3, -0.25) is 0 Å². The van der Waals surface area contributed by atoms with Crippen LogP contribution in [0.25, 0.3) is 0 Å². The molecule has 0 aromatic rings. The molecular weight excluding hydrogens is 180 g/mol. The zero-order chi connectivity index (χ0) is 10.4. The average Bonchev–Trinajstić information content (AvgIpc) is 2.58. The Morgan fingerprint density at radius 2 is 2.43 bits per heavy atom. The lowest BCUT2D eigenvalue weighted by molar-refractivity contribution is 0.157. The van der Waals surface area contributed by atoms with Crippen LogP contribution in [-0.4, -0.2) is 43.3 Å². The maximum atomic E-state index is 11.1. The first-order valence-electron chi connectivity index (χ1n) is 5.39. The van der Waals surface area contributed by atoms with Gasteiger partial charge in [-0.15, -0.1) is 0 Å². The van der Waals surface area contributed by atoms with Crippen molar-refractivity contribution in [1.82, 2.24) is 10.2 Å². The van der Waals surface area contributed by atoms with E-state index in [-0.39, 0.29) is 6.09 Å². The molecule has 0 aromatic carbocycles. The predicted octanol–water partition coefficient (Wildman–Crippen LogP) is 1.22. The molecule has 0 bridgehead atoms. The van der Waals surface area contributed by atoms with E-state index in [1.54, 1.807) is 4.90 Å². The molecule has 1 atom stereocenters. The van der Waals surface area contributed by atoms with E-state index >= 15 is 0 Å². The van der Waals surface area contributed by atoms with E-state index in [1.807, 2.05) is 0 Å². The van der Waals surface area contributed by atoms with E-state index < -0.39 is 0 Å². The fourth-order valence-electron chi connectivity index (χ4n) is 1.47. The van der Waals surface area contributed by atoms with Gasteiger partial charge in [-0.05, 0) is 26.3 Å². The van der Waals surface area contributed by atoms with Crippen LogP contribution in [0.15, 0.2) is 0 Å². The summed E-state index contributed by atoms with van der Waals surface area (Å²) < 4.78 is 4.85. The molecule has 1 saturated heterocycles. The van der Waals surface area contributed by atoms with Crippen LogP contribution in [0.3, 0.4) is 0 Å². The number of amides is 1. The molecule has 1 amide bonds. The zero-order valence-corrected chi connectivity index (χ0v) is 9.08. The molecule has 1 heterocycles. The van der Waals surface area contributed by atoms with E-state index in [0.29, 0.717) is 12.6 Å². The Hall–Kier alpha value is -0.770. The van der Waals surface area contributed by atoms with Gasteiger partial charge in [0.2, 0.25) is 0 Å². The summed E-state index contributed by atoms with van der Waals surface area (Å²) in [5.74, 6) is 0. The summed E-state index contributed by atoms with van der Waals surface area (Å²) in [6, 6.07) is 0.475. The minimum absolute atomic E-state index is 0.160. The number of rotatable bonds is 6. The first kappa shape index (κ1) is 11.3. The van der Waals surface area contributed by atoms with E-state index in [0.717, 1.165) is 32.5 Å². The van der Waals surface area contributed by atoms with Crippen LogP contribution in [0.4, 0.5) is 4.79 Å². The molecule has 14 heavy (non-hydrogen) atoms. The van der Waals surface area contributed by atoms with Gasteiger partial charge < -0.3 is 15.0 Å². The highest BCUT2D eigenvalue weighted by Gasteiger charge is 2.21. The second-order valence-corrected chi connectivity index (χ2v) is 3.75. The average molecular weight is 200 g/mol. The van der Waals surface area contributed by atoms with Crippen molar-refractivity contribution in [1.29, 1.82) is 0 Å². The molecular formula is C10H20N2O2. The van der Waals surface area contributed by atoms with Gasteiger partial charge in [0, 0.05) is 12.6 Å². The van der Waals surface area contributed by atoms with E-state index in [9.17, 15) is 4.79 Å². The van der Waals surface area contributed by atoms with Crippen molar-refractivity contribution in [3.63, 3.8) is 0 Å². The van der Waals surface area contributed by atoms with Crippen LogP contribution >= 0.6 is 0 Å². The summed E-state index contributed by atoms with van der Waals surface area (Å²) in [5.41, 5.74) is 0. The fourth-order valence-corrected chi connectivity index (χ4v) is 1.47. The lowest BCUT2D eigenvalue weighted by Crippen LogP contribution is -2.33. The fraction of sp³-hybridized carbons (Fsp3) is 0.900. The van der Waals surface area contributed by atoms with Crippen LogP contribution in [0.1, 0.15) is 26.7 Å². The van der Waals surface area contributed by atoms with Crippen LogP contribution in [0, 0.1) is 0 Å². The minimum atomic E-state index is -0.160. The Kier molecular flexibility index (Phi) is 4.73. The van der Waals surface area contributed by atoms with E-state index in [1.165, 1.54) is 0 Å². The Balaban J connectivity index is 2.10. The van der Waals surface area contributed by atoms with Crippen molar-refractivity contribution in [2.75, 3.05) is 26.2 Å². The van der Waals surface area contributed by atoms with Crippen LogP contribution in [-0.2, 0) is 4.74 Å². The number of ether oxygens (including phenoxy) is 1. The van der Waals surface area contributed by atoms with Gasteiger partial charge in [0.15, 0.2) is 0 Å². The number of carbonyl (C=O) groups is 1. The lowest BCUT2D eigenvalue weighted by atomic mass is 10.2. The first-order valence-corrected chi connectivity index (χ1v) is 5.39. The number of nitrogens with zero attached hydrogens (tertiary/aromatic N) is 1. The standard InChI is InChI=1S/C10H20N2O2/c1-3-5-11-9(2)4-6-12-7-8-14-10(12)13/h9,11H,3-8H2,1-2H3. The maximum absolute atomic E-state index is 11.1. The van der Waals surface area contributed by atoms with E-state index in [4.69, 9.17) is 4.74 Å². The van der Waals surface area contributed by atoms with Gasteiger partial charge in [0.1, 0.15) is 6.61 Å². The van der Waals surface area contributed by atoms with Crippen molar-refractivity contribution in [3.05, 3.63) is 0 Å². The van der Waals surface area contributed by atoms with Gasteiger partial charge in [-0.1, -0.05) is 6.92 Å². The molecule has 0 radical (unpaired) electrons. The third-order valence-electron chi connectivity index (χ3n) is 2.42. The molecule has 0 saturated carbocycles. The van der Waals surface area contributed by atoms with Gasteiger partial charge in [0.05, 0.1) is 6.54 Å². The highest BCUT2D eigenvalue weighted by atomic mass is 16.6. The predicted molar refractivity (Wildman–Crippen MR) is 55.3 cm³/mol. The third-order valence-corrected chi connectivity index (χ3v) is 2.42. The Bertz CT molecular complexity index is 185. The number of cyclic esters (lactones) is 1. The SMILES string of the molecule is CCCNC(C)CCN1CCOC1=O. The third kappa shape index (κ3) is 3.54. The highest BCUT2D eigenvalue weighted by molar-refractivity contribution is 5.69. The molecule has 82 valence electrons. The normalized spacial score (nSPS) is 18.4. The largest absolute Gasteiger partial charge is 0.448 e. The highest BCUT2D eigenvalue weighted by Crippen LogP contribution is 2.04. The Labute approximate surface area is 85.6 Å². The molecule has 0 spiro atoms. The van der Waals surface area contributed by atoms with Gasteiger partial charge in [-0.2, -0.15) is 0 Å². The van der Waals surface area contributed by atoms with Crippen molar-refractivity contribution in [3.8, 4) is 0 Å². The quantitative estimate of drug-likeness (QED) is 0.701. The van der Waals surface area contributed by atoms with Crippen LogP contribution < -0.4 is 5.32 Å². The molecule has 0 aliphatic carbocycles. The van der Waals surface area contributed by atoms with Crippen molar-refractivity contribution in [2.45, 2.75) is 32.7 Å². The molecule has 1 unspecified atom stereocenters. The van der Waals surface area contributed by atoms with Crippen molar-refractivity contribution >= 4 is 6.09 Å². The molecule has 1 N–H and O–H groups in total. The molecule has 0 aromatic heterocycles. The summed E-state index contributed by atoms with van der Waals surface area (Å²) in [6.07, 6.45) is 1.98. The summed E-state index contributed by atoms with van der Waals surface area (Å²) in [6.45, 7) is 7.45. The Morgan fingerprint density at radius 3 is 3.00 bits per heavy atom. The van der Waals surface area contributed by atoms with Crippen molar-refractivity contribution < 1.29 is 9.53 Å². The zero-order valence-electron chi connectivity index (χ0n) is 9.08. The molecule has 1 rings (SSSR count). The second-order valence-electron chi connectivity index (χ2n) is 3.75. The van der Waals surface area contributed by atoms with Crippen LogP contribution in [0.5, 0.6) is 0 Å². The molecule has 1 aliphatic rings. The summed E-state index contributed by atoms with van der Waals surface area (Å²) >= 11 is 0. The van der Waals surface area contributed by atoms with Gasteiger partial charge in [0.25, 0.3) is 0 Å². The first-order chi connectivity index (χ1) is 6.74. The molecule has 4 nitrogen and oxygen atoms in total. The summed E-state index contributed by atoms with van der Waals surface area (Å²) in [5, 5.41) is 3.39. The number of hydrogen-bond donors (Lipinski definition) is 1. The summed E-state index contributed by atoms with van der Waals surface area (Å²) in [4.78, 5) is 12.9. The molecule has 1 aliphatic heterocycles. The topological polar surface area (TPSA) is 41.6 Å². The minimum Gasteiger partial charge on any atom is -0.448 e. The number of nitrogens with one attached hydrogen (secondary N) is 1. The lowest BCUT2D eigenvalue weighted by Gasteiger charge is -2.17. The van der Waals surface area contributed by atoms with Gasteiger partial charge >= 0.3 is 6.09 Å². The van der Waals surface area contributed by atoms with Gasteiger partial charge in [-0.25, -0.2) is 4.79 Å². The van der Waals surface area contributed by atoms with Crippen molar-refractivity contribution in [2.24, 2.45) is 0 Å².